The van der Waals surface area contributed by atoms with Crippen LogP contribution in [0.15, 0.2) is 86.9 Å². The normalized spacial score (nSPS) is 15.3. The maximum Gasteiger partial charge on any atom is 0.419 e. The second-order valence-electron chi connectivity index (χ2n) is 8.49. The Morgan fingerprint density at radius 3 is 2.69 bits per heavy atom. The number of esters is 1. The van der Waals surface area contributed by atoms with Crippen molar-refractivity contribution < 1.29 is 22.4 Å². The molecule has 9 heteroatoms. The highest BCUT2D eigenvalue weighted by molar-refractivity contribution is 7.92. The number of oxazole rings is 1. The van der Waals surface area contributed by atoms with E-state index in [2.05, 4.69) is 0 Å². The number of benzene rings is 3. The molecule has 1 atom stereocenters. The van der Waals surface area contributed by atoms with E-state index in [4.69, 9.17) is 9.15 Å². The monoisotopic (exact) mass is 492 g/mol. The SMILES string of the molecule is CC1Cc2ccccc2N1S(=O)(=O)c1cccc(C(=O)OCCCn2c(=O)oc3ccccc32)c1. The Kier molecular flexibility index (Phi) is 5.94. The van der Waals surface area contributed by atoms with Crippen molar-refractivity contribution in [2.45, 2.75) is 37.2 Å². The lowest BCUT2D eigenvalue weighted by Crippen LogP contribution is -2.35. The molecule has 8 nitrogen and oxygen atoms in total. The fourth-order valence-electron chi connectivity index (χ4n) is 4.50. The Morgan fingerprint density at radius 1 is 1.06 bits per heavy atom. The molecule has 1 unspecified atom stereocenters. The number of carbonyl (C=O) groups is 1. The summed E-state index contributed by atoms with van der Waals surface area (Å²) in [6.45, 7) is 2.26. The van der Waals surface area contributed by atoms with Crippen LogP contribution in [0.3, 0.4) is 0 Å². The zero-order chi connectivity index (χ0) is 24.6. The minimum absolute atomic E-state index is 0.0342. The number of rotatable bonds is 7. The van der Waals surface area contributed by atoms with Crippen LogP contribution in [0.5, 0.6) is 0 Å². The van der Waals surface area contributed by atoms with Gasteiger partial charge in [0, 0.05) is 12.6 Å². The third kappa shape index (κ3) is 4.23. The van der Waals surface area contributed by atoms with Gasteiger partial charge in [-0.15, -0.1) is 0 Å². The molecule has 0 bridgehead atoms. The molecule has 0 aliphatic carbocycles. The third-order valence-electron chi connectivity index (χ3n) is 6.10. The Hall–Kier alpha value is -3.85. The van der Waals surface area contributed by atoms with Crippen molar-refractivity contribution in [2.24, 2.45) is 0 Å². The van der Waals surface area contributed by atoms with Crippen LogP contribution in [-0.2, 0) is 27.7 Å². The van der Waals surface area contributed by atoms with E-state index < -0.39 is 21.7 Å². The highest BCUT2D eigenvalue weighted by Crippen LogP contribution is 2.36. The van der Waals surface area contributed by atoms with Gasteiger partial charge in [0.15, 0.2) is 5.58 Å². The number of anilines is 1. The summed E-state index contributed by atoms with van der Waals surface area (Å²) in [4.78, 5) is 24.7. The first-order chi connectivity index (χ1) is 16.9. The van der Waals surface area contributed by atoms with E-state index in [9.17, 15) is 18.0 Å². The molecule has 0 radical (unpaired) electrons. The van der Waals surface area contributed by atoms with Crippen LogP contribution in [0, 0.1) is 0 Å². The zero-order valence-corrected chi connectivity index (χ0v) is 19.9. The molecule has 0 saturated carbocycles. The Labute approximate surface area is 202 Å². The quantitative estimate of drug-likeness (QED) is 0.286. The largest absolute Gasteiger partial charge is 0.462 e. The summed E-state index contributed by atoms with van der Waals surface area (Å²) in [5, 5.41) is 0. The lowest BCUT2D eigenvalue weighted by atomic mass is 10.1. The molecule has 2 heterocycles. The predicted octanol–water partition coefficient (Wildman–Crippen LogP) is 3.98. The molecule has 35 heavy (non-hydrogen) atoms. The number of fused-ring (bicyclic) bond motifs is 2. The van der Waals surface area contributed by atoms with Crippen molar-refractivity contribution in [1.82, 2.24) is 4.57 Å². The number of ether oxygens (including phenoxy) is 1. The number of nitrogens with zero attached hydrogens (tertiary/aromatic N) is 2. The maximum atomic E-state index is 13.4. The van der Waals surface area contributed by atoms with Crippen molar-refractivity contribution in [3.63, 3.8) is 0 Å². The highest BCUT2D eigenvalue weighted by atomic mass is 32.2. The van der Waals surface area contributed by atoms with E-state index in [0.29, 0.717) is 36.2 Å². The Balaban J connectivity index is 1.27. The molecule has 180 valence electrons. The number of hydrogen-bond acceptors (Lipinski definition) is 6. The molecule has 0 N–H and O–H groups in total. The third-order valence-corrected chi connectivity index (χ3v) is 8.03. The van der Waals surface area contributed by atoms with Gasteiger partial charge in [0.1, 0.15) is 0 Å². The minimum Gasteiger partial charge on any atom is -0.462 e. The first-order valence-electron chi connectivity index (χ1n) is 11.3. The maximum absolute atomic E-state index is 13.4. The van der Waals surface area contributed by atoms with Crippen molar-refractivity contribution in [1.29, 1.82) is 0 Å². The molecular weight excluding hydrogens is 468 g/mol. The summed E-state index contributed by atoms with van der Waals surface area (Å²) in [6, 6.07) is 20.2. The summed E-state index contributed by atoms with van der Waals surface area (Å²) in [6.07, 6.45) is 1.03. The number of aryl methyl sites for hydroxylation is 1. The predicted molar refractivity (Wildman–Crippen MR) is 131 cm³/mol. The smallest absolute Gasteiger partial charge is 0.419 e. The Morgan fingerprint density at radius 2 is 1.83 bits per heavy atom. The summed E-state index contributed by atoms with van der Waals surface area (Å²) >= 11 is 0. The van der Waals surface area contributed by atoms with Gasteiger partial charge in [-0.2, -0.15) is 0 Å². The molecule has 5 rings (SSSR count). The van der Waals surface area contributed by atoms with Gasteiger partial charge in [-0.25, -0.2) is 18.0 Å². The zero-order valence-electron chi connectivity index (χ0n) is 19.1. The number of carbonyl (C=O) groups excluding carboxylic acids is 1. The lowest BCUT2D eigenvalue weighted by Gasteiger charge is -2.24. The van der Waals surface area contributed by atoms with E-state index in [1.165, 1.54) is 33.1 Å². The van der Waals surface area contributed by atoms with Crippen LogP contribution in [0.1, 0.15) is 29.3 Å². The van der Waals surface area contributed by atoms with Crippen LogP contribution >= 0.6 is 0 Å². The number of sulfonamides is 1. The summed E-state index contributed by atoms with van der Waals surface area (Å²) in [7, 11) is -3.86. The second kappa shape index (κ2) is 9.07. The molecule has 1 aliphatic rings. The molecule has 0 amide bonds. The summed E-state index contributed by atoms with van der Waals surface area (Å²) < 4.78 is 40.4. The summed E-state index contributed by atoms with van der Waals surface area (Å²) in [5.74, 6) is -1.09. The van der Waals surface area contributed by atoms with E-state index in [1.54, 1.807) is 24.3 Å². The lowest BCUT2D eigenvalue weighted by molar-refractivity contribution is 0.0495. The standard InChI is InChI=1S/C26H24N2O6S/c1-18-16-19-8-2-3-11-22(19)28(18)35(31,32)21-10-6-9-20(17-21)25(29)33-15-7-14-27-23-12-4-5-13-24(23)34-26(27)30/h2-6,8-13,17-18H,7,14-16H2,1H3. The topological polar surface area (TPSA) is 98.8 Å². The van der Waals surface area contributed by atoms with Gasteiger partial charge in [0.05, 0.1) is 28.3 Å². The number of para-hydroxylation sites is 3. The van der Waals surface area contributed by atoms with Crippen LogP contribution in [-0.4, -0.2) is 31.6 Å². The average Bonchev–Trinajstić information content (AvgIpc) is 3.37. The van der Waals surface area contributed by atoms with Crippen molar-refractivity contribution in [3.05, 3.63) is 94.5 Å². The van der Waals surface area contributed by atoms with Crippen LogP contribution in [0.2, 0.25) is 0 Å². The first-order valence-corrected chi connectivity index (χ1v) is 12.8. The number of hydrogen-bond donors (Lipinski definition) is 0. The van der Waals surface area contributed by atoms with E-state index in [1.807, 2.05) is 31.2 Å². The van der Waals surface area contributed by atoms with Crippen molar-refractivity contribution >= 4 is 32.8 Å². The molecule has 1 aliphatic heterocycles. The van der Waals surface area contributed by atoms with Crippen LogP contribution < -0.4 is 10.1 Å². The molecule has 3 aromatic carbocycles. The molecule has 1 aromatic heterocycles. The fourth-order valence-corrected chi connectivity index (χ4v) is 6.24. The van der Waals surface area contributed by atoms with Gasteiger partial charge in [0.25, 0.3) is 10.0 Å². The first kappa shape index (κ1) is 22.9. The van der Waals surface area contributed by atoms with E-state index in [-0.39, 0.29) is 23.1 Å². The molecule has 0 fully saturated rings. The van der Waals surface area contributed by atoms with E-state index >= 15 is 0 Å². The average molecular weight is 493 g/mol. The van der Waals surface area contributed by atoms with Gasteiger partial charge < -0.3 is 9.15 Å². The fraction of sp³-hybridized carbons (Fsp3) is 0.231. The van der Waals surface area contributed by atoms with E-state index in [0.717, 1.165) is 5.56 Å². The number of aromatic nitrogens is 1. The van der Waals surface area contributed by atoms with Crippen molar-refractivity contribution in [3.8, 4) is 0 Å². The minimum atomic E-state index is -3.86. The highest BCUT2D eigenvalue weighted by Gasteiger charge is 2.36. The van der Waals surface area contributed by atoms with Gasteiger partial charge in [0.2, 0.25) is 0 Å². The molecular formula is C26H24N2O6S. The van der Waals surface area contributed by atoms with Crippen molar-refractivity contribution in [2.75, 3.05) is 10.9 Å². The molecule has 0 saturated heterocycles. The molecule has 0 spiro atoms. The van der Waals surface area contributed by atoms with Gasteiger partial charge in [-0.3, -0.25) is 8.87 Å². The Bertz CT molecular complexity index is 1570. The molecule has 4 aromatic rings. The summed E-state index contributed by atoms with van der Waals surface area (Å²) in [5.41, 5.74) is 2.97. The van der Waals surface area contributed by atoms with Crippen LogP contribution in [0.4, 0.5) is 5.69 Å². The van der Waals surface area contributed by atoms with Gasteiger partial charge >= 0.3 is 11.7 Å². The second-order valence-corrected chi connectivity index (χ2v) is 10.3. The van der Waals surface area contributed by atoms with Gasteiger partial charge in [-0.1, -0.05) is 36.4 Å². The van der Waals surface area contributed by atoms with Gasteiger partial charge in [-0.05, 0) is 61.7 Å². The van der Waals surface area contributed by atoms with Crippen LogP contribution in [0.25, 0.3) is 11.1 Å².